The lowest BCUT2D eigenvalue weighted by Gasteiger charge is -2.12. The van der Waals surface area contributed by atoms with Gasteiger partial charge < -0.3 is 9.52 Å². The van der Waals surface area contributed by atoms with Crippen molar-refractivity contribution in [3.05, 3.63) is 118 Å². The van der Waals surface area contributed by atoms with Gasteiger partial charge in [-0.05, 0) is 48.4 Å². The van der Waals surface area contributed by atoms with Crippen LogP contribution in [0.25, 0.3) is 33.4 Å². The highest BCUT2D eigenvalue weighted by molar-refractivity contribution is 6.31. The van der Waals surface area contributed by atoms with E-state index in [-0.39, 0.29) is 29.3 Å². The molecule has 0 amide bonds. The van der Waals surface area contributed by atoms with Crippen molar-refractivity contribution in [2.24, 2.45) is 0 Å². The number of fused-ring (bicyclic) bond motifs is 1. The predicted octanol–water partition coefficient (Wildman–Crippen LogP) is 8.53. The number of furan rings is 1. The summed E-state index contributed by atoms with van der Waals surface area (Å²) in [6, 6.07) is 22.1. The average Bonchev–Trinajstić information content (AvgIpc) is 3.31. The van der Waals surface area contributed by atoms with Crippen LogP contribution in [0.1, 0.15) is 39.5 Å². The maximum atomic E-state index is 14.1. The van der Waals surface area contributed by atoms with E-state index in [1.54, 1.807) is 60.7 Å². The van der Waals surface area contributed by atoms with Gasteiger partial charge in [0, 0.05) is 27.6 Å². The van der Waals surface area contributed by atoms with Crippen LogP contribution in [0.4, 0.5) is 13.2 Å². The van der Waals surface area contributed by atoms with Gasteiger partial charge >= 0.3 is 6.18 Å². The van der Waals surface area contributed by atoms with Gasteiger partial charge in [-0.15, -0.1) is 0 Å². The molecule has 0 spiro atoms. The lowest BCUT2D eigenvalue weighted by Crippen LogP contribution is -2.06. The number of Topliss-reactive ketones (excluding diaryl/α,β-unsaturated/α-hetero) is 1. The first-order valence-electron chi connectivity index (χ1n) is 11.9. The molecule has 0 fully saturated rings. The fourth-order valence-electron chi connectivity index (χ4n) is 4.42. The van der Waals surface area contributed by atoms with Gasteiger partial charge in [-0.25, -0.2) is 0 Å². The number of benzene rings is 4. The Hall–Kier alpha value is -4.31. The standard InChI is InChI=1S/C32H20ClF3O3/c1-19(38)21-10-13-23(14-11-21)29-26-17-20(18-37)16-24(15-12-22-6-2-5-9-28(22)33)30(26)39-31(29)25-7-3-4-8-27(25)32(34,35)36/h2-11,13-14,16-17,37H,18H2,1H3. The van der Waals surface area contributed by atoms with Crippen molar-refractivity contribution in [2.75, 3.05) is 0 Å². The topological polar surface area (TPSA) is 50.4 Å². The third kappa shape index (κ3) is 5.20. The maximum Gasteiger partial charge on any atom is 0.417 e. The molecular weight excluding hydrogens is 525 g/mol. The fourth-order valence-corrected chi connectivity index (χ4v) is 4.60. The van der Waals surface area contributed by atoms with Crippen LogP contribution in [-0.4, -0.2) is 10.9 Å². The lowest BCUT2D eigenvalue weighted by atomic mass is 9.94. The summed E-state index contributed by atoms with van der Waals surface area (Å²) in [7, 11) is 0. The first kappa shape index (κ1) is 26.3. The van der Waals surface area contributed by atoms with E-state index in [2.05, 4.69) is 11.8 Å². The summed E-state index contributed by atoms with van der Waals surface area (Å²) in [4.78, 5) is 11.8. The zero-order chi connectivity index (χ0) is 27.7. The molecule has 4 aromatic carbocycles. The third-order valence-electron chi connectivity index (χ3n) is 6.29. The number of alkyl halides is 3. The van der Waals surface area contributed by atoms with Gasteiger partial charge in [0.25, 0.3) is 0 Å². The molecule has 5 aromatic rings. The molecule has 0 bridgehead atoms. The van der Waals surface area contributed by atoms with Crippen LogP contribution >= 0.6 is 11.6 Å². The highest BCUT2D eigenvalue weighted by Crippen LogP contribution is 2.46. The van der Waals surface area contributed by atoms with E-state index >= 15 is 0 Å². The normalized spacial score (nSPS) is 11.3. The predicted molar refractivity (Wildman–Crippen MR) is 145 cm³/mol. The van der Waals surface area contributed by atoms with Crippen LogP contribution in [0.3, 0.4) is 0 Å². The number of carbonyl (C=O) groups excluding carboxylic acids is 1. The van der Waals surface area contributed by atoms with Gasteiger partial charge in [0.05, 0.1) is 22.8 Å². The van der Waals surface area contributed by atoms with Crippen molar-refractivity contribution in [1.82, 2.24) is 0 Å². The average molecular weight is 545 g/mol. The SMILES string of the molecule is CC(=O)c1ccc(-c2c(-c3ccccc3C(F)(F)F)oc3c(C#Cc4ccccc4Cl)cc(CO)cc23)cc1. The highest BCUT2D eigenvalue weighted by Gasteiger charge is 2.35. The first-order chi connectivity index (χ1) is 18.7. The van der Waals surface area contributed by atoms with E-state index in [1.807, 2.05) is 0 Å². The molecule has 0 aliphatic heterocycles. The monoisotopic (exact) mass is 544 g/mol. The smallest absolute Gasteiger partial charge is 0.417 e. The molecule has 1 heterocycles. The van der Waals surface area contributed by atoms with Crippen molar-refractivity contribution < 1.29 is 27.5 Å². The number of aliphatic hydroxyl groups excluding tert-OH is 1. The molecule has 0 saturated heterocycles. The summed E-state index contributed by atoms with van der Waals surface area (Å²) in [6.07, 6.45) is -4.63. The van der Waals surface area contributed by atoms with Crippen LogP contribution in [-0.2, 0) is 12.8 Å². The van der Waals surface area contributed by atoms with Gasteiger partial charge in [-0.2, -0.15) is 13.2 Å². The summed E-state index contributed by atoms with van der Waals surface area (Å²) in [5, 5.41) is 10.9. The molecule has 0 aliphatic carbocycles. The Kier molecular flexibility index (Phi) is 7.05. The summed E-state index contributed by atoms with van der Waals surface area (Å²) in [5.41, 5.74) is 2.14. The molecule has 3 nitrogen and oxygen atoms in total. The molecule has 1 aromatic heterocycles. The third-order valence-corrected chi connectivity index (χ3v) is 6.62. The Labute approximate surface area is 227 Å². The maximum absolute atomic E-state index is 14.1. The number of halogens is 4. The van der Waals surface area contributed by atoms with Gasteiger partial charge in [-0.3, -0.25) is 4.79 Å². The Morgan fingerprint density at radius 1 is 0.923 bits per heavy atom. The minimum Gasteiger partial charge on any atom is -0.454 e. The second-order valence-corrected chi connectivity index (χ2v) is 9.30. The van der Waals surface area contributed by atoms with E-state index < -0.39 is 11.7 Å². The molecule has 5 rings (SSSR count). The zero-order valence-electron chi connectivity index (χ0n) is 20.6. The number of hydrogen-bond acceptors (Lipinski definition) is 3. The van der Waals surface area contributed by atoms with Gasteiger partial charge in [0.15, 0.2) is 11.4 Å². The molecule has 0 aliphatic rings. The minimum atomic E-state index is -4.63. The quantitative estimate of drug-likeness (QED) is 0.182. The molecule has 39 heavy (non-hydrogen) atoms. The molecule has 0 saturated carbocycles. The van der Waals surface area contributed by atoms with Crippen LogP contribution in [0.2, 0.25) is 5.02 Å². The summed E-state index contributed by atoms with van der Waals surface area (Å²) in [6.45, 7) is 1.11. The minimum absolute atomic E-state index is 0.00406. The Balaban J connectivity index is 1.85. The van der Waals surface area contributed by atoms with Crippen molar-refractivity contribution in [3.63, 3.8) is 0 Å². The Bertz CT molecular complexity index is 1770. The summed E-state index contributed by atoms with van der Waals surface area (Å²) < 4.78 is 48.4. The fraction of sp³-hybridized carbons (Fsp3) is 0.0938. The number of carbonyl (C=O) groups is 1. The largest absolute Gasteiger partial charge is 0.454 e. The number of ketones is 1. The summed E-state index contributed by atoms with van der Waals surface area (Å²) >= 11 is 6.26. The van der Waals surface area contributed by atoms with E-state index in [4.69, 9.17) is 16.0 Å². The van der Waals surface area contributed by atoms with Gasteiger partial charge in [0.1, 0.15) is 5.76 Å². The van der Waals surface area contributed by atoms with Gasteiger partial charge in [0.2, 0.25) is 0 Å². The highest BCUT2D eigenvalue weighted by atomic mass is 35.5. The van der Waals surface area contributed by atoms with Crippen LogP contribution in [0.15, 0.2) is 89.3 Å². The molecule has 0 radical (unpaired) electrons. The first-order valence-corrected chi connectivity index (χ1v) is 12.3. The Morgan fingerprint density at radius 3 is 2.26 bits per heavy atom. The second kappa shape index (κ2) is 10.5. The van der Waals surface area contributed by atoms with E-state index in [0.717, 1.165) is 6.07 Å². The lowest BCUT2D eigenvalue weighted by molar-refractivity contribution is -0.137. The van der Waals surface area contributed by atoms with Crippen LogP contribution in [0.5, 0.6) is 0 Å². The number of aliphatic hydroxyl groups is 1. The molecule has 0 atom stereocenters. The number of hydrogen-bond donors (Lipinski definition) is 1. The molecule has 194 valence electrons. The molecule has 1 N–H and O–H groups in total. The van der Waals surface area contributed by atoms with Crippen molar-refractivity contribution in [1.29, 1.82) is 0 Å². The van der Waals surface area contributed by atoms with Crippen molar-refractivity contribution in [3.8, 4) is 34.3 Å². The van der Waals surface area contributed by atoms with Crippen molar-refractivity contribution in [2.45, 2.75) is 19.7 Å². The zero-order valence-corrected chi connectivity index (χ0v) is 21.3. The van der Waals surface area contributed by atoms with E-state index in [0.29, 0.717) is 43.8 Å². The van der Waals surface area contributed by atoms with E-state index in [9.17, 15) is 23.1 Å². The summed E-state index contributed by atoms with van der Waals surface area (Å²) in [5.74, 6) is 5.89. The number of rotatable bonds is 4. The van der Waals surface area contributed by atoms with Crippen LogP contribution < -0.4 is 0 Å². The second-order valence-electron chi connectivity index (χ2n) is 8.89. The molecule has 7 heteroatoms. The van der Waals surface area contributed by atoms with Crippen molar-refractivity contribution >= 4 is 28.4 Å². The van der Waals surface area contributed by atoms with Gasteiger partial charge in [-0.1, -0.05) is 78.0 Å². The molecule has 0 unspecified atom stereocenters. The molecular formula is C32H20ClF3O3. The van der Waals surface area contributed by atoms with Crippen LogP contribution in [0, 0.1) is 11.8 Å². The van der Waals surface area contributed by atoms with E-state index in [1.165, 1.54) is 25.1 Å². The Morgan fingerprint density at radius 2 is 1.59 bits per heavy atom.